The summed E-state index contributed by atoms with van der Waals surface area (Å²) in [6.07, 6.45) is 10.1. The van der Waals surface area contributed by atoms with E-state index in [0.29, 0.717) is 0 Å². The molecule has 1 aliphatic rings. The normalized spacial score (nSPS) is 17.4. The van der Waals surface area contributed by atoms with Crippen LogP contribution in [0.5, 0.6) is 0 Å². The fourth-order valence-corrected chi connectivity index (χ4v) is 1.15. The molecule has 0 aliphatic carbocycles. The van der Waals surface area contributed by atoms with Crippen molar-refractivity contribution in [3.05, 3.63) is 24.9 Å². The lowest BCUT2D eigenvalue weighted by molar-refractivity contribution is 0.361. The number of hydrogen-bond acceptors (Lipinski definition) is 1. The summed E-state index contributed by atoms with van der Waals surface area (Å²) in [6.45, 7) is 6.06. The van der Waals surface area contributed by atoms with E-state index in [0.717, 1.165) is 13.0 Å². The molecule has 0 amide bonds. The quantitative estimate of drug-likeness (QED) is 0.539. The molecule has 0 unspecified atom stereocenters. The Morgan fingerprint density at radius 2 is 2.50 bits per heavy atom. The molecule has 0 atom stereocenters. The molecule has 0 aromatic rings. The lowest BCUT2D eigenvalue weighted by Gasteiger charge is -2.22. The van der Waals surface area contributed by atoms with E-state index >= 15 is 0 Å². The zero-order valence-electron chi connectivity index (χ0n) is 6.42. The molecular weight excluding hydrogens is 122 g/mol. The van der Waals surface area contributed by atoms with Gasteiger partial charge in [0.1, 0.15) is 0 Å². The van der Waals surface area contributed by atoms with E-state index in [2.05, 4.69) is 23.8 Å². The molecule has 0 N–H and O–H groups in total. The third kappa shape index (κ3) is 2.26. The molecule has 0 aromatic carbocycles. The summed E-state index contributed by atoms with van der Waals surface area (Å²) in [4.78, 5) is 2.35. The zero-order chi connectivity index (χ0) is 7.23. The summed E-state index contributed by atoms with van der Waals surface area (Å²) in [6, 6.07) is 0. The van der Waals surface area contributed by atoms with Gasteiger partial charge < -0.3 is 4.90 Å². The SMILES string of the molecule is C=CCCN1C=CCCC1. The first-order valence-electron chi connectivity index (χ1n) is 3.95. The van der Waals surface area contributed by atoms with Crippen LogP contribution in [0.25, 0.3) is 0 Å². The third-order valence-corrected chi connectivity index (χ3v) is 1.75. The van der Waals surface area contributed by atoms with E-state index < -0.39 is 0 Å². The van der Waals surface area contributed by atoms with Crippen molar-refractivity contribution in [2.45, 2.75) is 19.3 Å². The first-order chi connectivity index (χ1) is 4.93. The van der Waals surface area contributed by atoms with Crippen LogP contribution in [0.3, 0.4) is 0 Å². The first kappa shape index (κ1) is 7.39. The zero-order valence-corrected chi connectivity index (χ0v) is 6.42. The molecule has 1 heterocycles. The molecule has 1 rings (SSSR count). The standard InChI is InChI=1S/C9H15N/c1-2-3-7-10-8-5-4-6-9-10/h2,5,8H,1,3-4,6-7,9H2. The Bertz CT molecular complexity index is 127. The van der Waals surface area contributed by atoms with Crippen molar-refractivity contribution in [3.8, 4) is 0 Å². The maximum absolute atomic E-state index is 3.69. The van der Waals surface area contributed by atoms with Crippen LogP contribution in [0.1, 0.15) is 19.3 Å². The highest BCUT2D eigenvalue weighted by Crippen LogP contribution is 2.05. The molecule has 0 spiro atoms. The summed E-state index contributed by atoms with van der Waals surface area (Å²) in [7, 11) is 0. The summed E-state index contributed by atoms with van der Waals surface area (Å²) in [5.74, 6) is 0. The minimum absolute atomic E-state index is 1.10. The van der Waals surface area contributed by atoms with Gasteiger partial charge in [0.05, 0.1) is 0 Å². The topological polar surface area (TPSA) is 3.24 Å². The molecule has 10 heavy (non-hydrogen) atoms. The summed E-state index contributed by atoms with van der Waals surface area (Å²) >= 11 is 0. The van der Waals surface area contributed by atoms with E-state index in [1.807, 2.05) is 6.08 Å². The molecule has 0 bridgehead atoms. The molecule has 1 nitrogen and oxygen atoms in total. The second-order valence-electron chi connectivity index (χ2n) is 2.64. The average molecular weight is 137 g/mol. The maximum atomic E-state index is 3.69. The van der Waals surface area contributed by atoms with Crippen LogP contribution in [0.15, 0.2) is 24.9 Å². The third-order valence-electron chi connectivity index (χ3n) is 1.75. The molecule has 0 saturated heterocycles. The van der Waals surface area contributed by atoms with Gasteiger partial charge in [0.15, 0.2) is 0 Å². The van der Waals surface area contributed by atoms with Gasteiger partial charge in [0.2, 0.25) is 0 Å². The lowest BCUT2D eigenvalue weighted by Crippen LogP contribution is -2.21. The van der Waals surface area contributed by atoms with Crippen LogP contribution in [-0.2, 0) is 0 Å². The van der Waals surface area contributed by atoms with Crippen molar-refractivity contribution in [2.75, 3.05) is 13.1 Å². The highest BCUT2D eigenvalue weighted by atomic mass is 15.1. The number of hydrogen-bond donors (Lipinski definition) is 0. The van der Waals surface area contributed by atoms with E-state index in [4.69, 9.17) is 0 Å². The van der Waals surface area contributed by atoms with Crippen LogP contribution in [0.2, 0.25) is 0 Å². The predicted molar refractivity (Wildman–Crippen MR) is 44.8 cm³/mol. The highest BCUT2D eigenvalue weighted by Gasteiger charge is 2.00. The summed E-state index contributed by atoms with van der Waals surface area (Å²) in [5, 5.41) is 0. The highest BCUT2D eigenvalue weighted by molar-refractivity contribution is 4.88. The Hall–Kier alpha value is -0.720. The fraction of sp³-hybridized carbons (Fsp3) is 0.556. The largest absolute Gasteiger partial charge is 0.377 e. The average Bonchev–Trinajstić information content (AvgIpc) is 2.03. The van der Waals surface area contributed by atoms with Gasteiger partial charge in [-0.25, -0.2) is 0 Å². The van der Waals surface area contributed by atoms with Gasteiger partial charge in [-0.3, -0.25) is 0 Å². The molecule has 56 valence electrons. The smallest absolute Gasteiger partial charge is 0.0206 e. The minimum Gasteiger partial charge on any atom is -0.377 e. The van der Waals surface area contributed by atoms with Crippen molar-refractivity contribution in [2.24, 2.45) is 0 Å². The summed E-state index contributed by atoms with van der Waals surface area (Å²) in [5.41, 5.74) is 0. The molecule has 0 aromatic heterocycles. The van der Waals surface area contributed by atoms with Gasteiger partial charge in [-0.1, -0.05) is 12.2 Å². The number of nitrogens with zero attached hydrogens (tertiary/aromatic N) is 1. The second-order valence-corrected chi connectivity index (χ2v) is 2.64. The predicted octanol–water partition coefficient (Wildman–Crippen LogP) is 2.17. The van der Waals surface area contributed by atoms with Crippen LogP contribution in [0, 0.1) is 0 Å². The van der Waals surface area contributed by atoms with Crippen molar-refractivity contribution in [1.82, 2.24) is 4.90 Å². The second kappa shape index (κ2) is 4.15. The maximum Gasteiger partial charge on any atom is 0.0206 e. The van der Waals surface area contributed by atoms with Crippen LogP contribution in [0.4, 0.5) is 0 Å². The van der Waals surface area contributed by atoms with Crippen LogP contribution >= 0.6 is 0 Å². The van der Waals surface area contributed by atoms with Gasteiger partial charge >= 0.3 is 0 Å². The van der Waals surface area contributed by atoms with Gasteiger partial charge in [0, 0.05) is 13.1 Å². The molecule has 0 fully saturated rings. The van der Waals surface area contributed by atoms with Crippen molar-refractivity contribution < 1.29 is 0 Å². The van der Waals surface area contributed by atoms with Crippen molar-refractivity contribution >= 4 is 0 Å². The van der Waals surface area contributed by atoms with Crippen LogP contribution in [-0.4, -0.2) is 18.0 Å². The number of rotatable bonds is 3. The Morgan fingerprint density at radius 1 is 1.60 bits per heavy atom. The lowest BCUT2D eigenvalue weighted by atomic mass is 10.2. The first-order valence-corrected chi connectivity index (χ1v) is 3.95. The molecule has 0 radical (unpaired) electrons. The van der Waals surface area contributed by atoms with Gasteiger partial charge in [0.25, 0.3) is 0 Å². The van der Waals surface area contributed by atoms with Gasteiger partial charge in [-0.2, -0.15) is 0 Å². The van der Waals surface area contributed by atoms with Crippen molar-refractivity contribution in [3.63, 3.8) is 0 Å². The fourth-order valence-electron chi connectivity index (χ4n) is 1.15. The number of allylic oxidation sites excluding steroid dienone is 1. The Morgan fingerprint density at radius 3 is 3.10 bits per heavy atom. The summed E-state index contributed by atoms with van der Waals surface area (Å²) < 4.78 is 0. The van der Waals surface area contributed by atoms with E-state index in [1.54, 1.807) is 0 Å². The molecule has 1 aliphatic heterocycles. The Kier molecular flexibility index (Phi) is 3.07. The van der Waals surface area contributed by atoms with Crippen molar-refractivity contribution in [1.29, 1.82) is 0 Å². The minimum atomic E-state index is 1.10. The molecular formula is C9H15N. The van der Waals surface area contributed by atoms with Gasteiger partial charge in [-0.15, -0.1) is 6.58 Å². The monoisotopic (exact) mass is 137 g/mol. The Balaban J connectivity index is 2.19. The van der Waals surface area contributed by atoms with E-state index in [9.17, 15) is 0 Å². The molecule has 1 heteroatoms. The molecule has 0 saturated carbocycles. The van der Waals surface area contributed by atoms with Gasteiger partial charge in [-0.05, 0) is 25.5 Å². The van der Waals surface area contributed by atoms with E-state index in [1.165, 1.54) is 19.4 Å². The van der Waals surface area contributed by atoms with Crippen LogP contribution < -0.4 is 0 Å². The Labute approximate surface area is 63.0 Å². The van der Waals surface area contributed by atoms with E-state index in [-0.39, 0.29) is 0 Å².